The number of hydrogen-bond acceptors (Lipinski definition) is 4. The fourth-order valence-corrected chi connectivity index (χ4v) is 3.24. The summed E-state index contributed by atoms with van der Waals surface area (Å²) >= 11 is 0. The van der Waals surface area contributed by atoms with Gasteiger partial charge in [-0.1, -0.05) is 18.2 Å². The van der Waals surface area contributed by atoms with Crippen molar-refractivity contribution in [2.75, 3.05) is 19.7 Å². The molecule has 0 aromatic heterocycles. The summed E-state index contributed by atoms with van der Waals surface area (Å²) in [6, 6.07) is 7.55. The van der Waals surface area contributed by atoms with Gasteiger partial charge in [0.05, 0.1) is 19.1 Å². The van der Waals surface area contributed by atoms with Crippen molar-refractivity contribution in [3.8, 4) is 5.75 Å². The number of nitrogens with one attached hydrogen (secondary N) is 2. The second-order valence-electron chi connectivity index (χ2n) is 6.50. The Morgan fingerprint density at radius 1 is 1.36 bits per heavy atom. The van der Waals surface area contributed by atoms with E-state index in [0.29, 0.717) is 18.9 Å². The summed E-state index contributed by atoms with van der Waals surface area (Å²) in [5, 5.41) is 6.28. The molecular formula is C19H29N3O3. The molecule has 138 valence electrons. The molecule has 0 spiro atoms. The quantitative estimate of drug-likeness (QED) is 0.824. The van der Waals surface area contributed by atoms with Crippen molar-refractivity contribution >= 4 is 11.8 Å². The van der Waals surface area contributed by atoms with E-state index in [1.807, 2.05) is 36.1 Å². The second-order valence-corrected chi connectivity index (χ2v) is 6.50. The maximum Gasteiger partial charge on any atom is 0.225 e. The van der Waals surface area contributed by atoms with Crippen LogP contribution in [0.1, 0.15) is 45.7 Å². The number of rotatable bonds is 6. The highest BCUT2D eigenvalue weighted by molar-refractivity contribution is 5.80. The highest BCUT2D eigenvalue weighted by Crippen LogP contribution is 2.28. The zero-order valence-corrected chi connectivity index (χ0v) is 15.5. The first-order valence-corrected chi connectivity index (χ1v) is 8.95. The maximum atomic E-state index is 12.9. The van der Waals surface area contributed by atoms with Crippen molar-refractivity contribution in [3.63, 3.8) is 0 Å². The summed E-state index contributed by atoms with van der Waals surface area (Å²) in [5.41, 5.74) is 0.837. The van der Waals surface area contributed by atoms with Gasteiger partial charge in [-0.15, -0.1) is 0 Å². The van der Waals surface area contributed by atoms with Crippen LogP contribution in [0.25, 0.3) is 0 Å². The highest BCUT2D eigenvalue weighted by atomic mass is 16.5. The van der Waals surface area contributed by atoms with E-state index in [-0.39, 0.29) is 30.3 Å². The molecule has 0 saturated carbocycles. The molecule has 0 aliphatic carbocycles. The summed E-state index contributed by atoms with van der Waals surface area (Å²) in [6.45, 7) is 9.53. The summed E-state index contributed by atoms with van der Waals surface area (Å²) in [7, 11) is 0. The van der Waals surface area contributed by atoms with Crippen LogP contribution in [-0.2, 0) is 9.59 Å². The Morgan fingerprint density at radius 3 is 2.76 bits per heavy atom. The number of carbonyl (C=O) groups is 2. The van der Waals surface area contributed by atoms with Gasteiger partial charge < -0.3 is 20.3 Å². The molecule has 1 aliphatic rings. The normalized spacial score (nSPS) is 21.5. The average molecular weight is 347 g/mol. The largest absolute Gasteiger partial charge is 0.494 e. The van der Waals surface area contributed by atoms with E-state index in [1.165, 1.54) is 6.92 Å². The van der Waals surface area contributed by atoms with Crippen LogP contribution in [0, 0.1) is 0 Å². The molecule has 1 aromatic carbocycles. The number of benzene rings is 1. The fraction of sp³-hybridized carbons (Fsp3) is 0.579. The Bertz CT molecular complexity index is 605. The molecule has 1 saturated heterocycles. The lowest BCUT2D eigenvalue weighted by molar-refractivity contribution is -0.135. The van der Waals surface area contributed by atoms with E-state index < -0.39 is 6.04 Å². The minimum Gasteiger partial charge on any atom is -0.494 e. The van der Waals surface area contributed by atoms with Gasteiger partial charge in [0.25, 0.3) is 0 Å². The van der Waals surface area contributed by atoms with Gasteiger partial charge in [-0.05, 0) is 26.8 Å². The predicted octanol–water partition coefficient (Wildman–Crippen LogP) is 1.86. The molecule has 1 aromatic rings. The lowest BCUT2D eigenvalue weighted by Gasteiger charge is -2.39. The van der Waals surface area contributed by atoms with Gasteiger partial charge >= 0.3 is 0 Å². The van der Waals surface area contributed by atoms with Gasteiger partial charge in [0, 0.05) is 37.7 Å². The number of carbonyl (C=O) groups excluding carboxylic acids is 2. The predicted molar refractivity (Wildman–Crippen MR) is 97.4 cm³/mol. The number of piperazine rings is 1. The van der Waals surface area contributed by atoms with Gasteiger partial charge in [0.1, 0.15) is 5.75 Å². The van der Waals surface area contributed by atoms with E-state index in [2.05, 4.69) is 24.5 Å². The monoisotopic (exact) mass is 347 g/mol. The molecule has 6 nitrogen and oxygen atoms in total. The van der Waals surface area contributed by atoms with E-state index in [4.69, 9.17) is 4.74 Å². The molecular weight excluding hydrogens is 318 g/mol. The molecule has 2 rings (SSSR count). The first kappa shape index (κ1) is 19.2. The molecule has 1 aliphatic heterocycles. The minimum atomic E-state index is -0.398. The van der Waals surface area contributed by atoms with Crippen molar-refractivity contribution in [1.29, 1.82) is 0 Å². The van der Waals surface area contributed by atoms with E-state index in [1.54, 1.807) is 0 Å². The first-order valence-electron chi connectivity index (χ1n) is 8.95. The van der Waals surface area contributed by atoms with Crippen LogP contribution in [0.4, 0.5) is 0 Å². The molecule has 6 heteroatoms. The Hall–Kier alpha value is -2.08. The molecule has 3 atom stereocenters. The summed E-state index contributed by atoms with van der Waals surface area (Å²) in [4.78, 5) is 26.5. The van der Waals surface area contributed by atoms with E-state index in [0.717, 1.165) is 12.1 Å². The third-order valence-electron chi connectivity index (χ3n) is 4.71. The van der Waals surface area contributed by atoms with Crippen LogP contribution >= 0.6 is 0 Å². The molecule has 3 unspecified atom stereocenters. The number of ether oxygens (including phenoxy) is 1. The minimum absolute atomic E-state index is 0.0471. The third kappa shape index (κ3) is 4.95. The third-order valence-corrected chi connectivity index (χ3v) is 4.71. The van der Waals surface area contributed by atoms with Gasteiger partial charge in [-0.25, -0.2) is 0 Å². The number of nitrogens with zero attached hydrogens (tertiary/aromatic N) is 1. The van der Waals surface area contributed by atoms with Crippen LogP contribution in [0.15, 0.2) is 24.3 Å². The van der Waals surface area contributed by atoms with Crippen LogP contribution in [0.2, 0.25) is 0 Å². The van der Waals surface area contributed by atoms with Crippen LogP contribution in [0.5, 0.6) is 5.75 Å². The van der Waals surface area contributed by atoms with Crippen molar-refractivity contribution in [3.05, 3.63) is 29.8 Å². The van der Waals surface area contributed by atoms with E-state index >= 15 is 0 Å². The standard InChI is InChI=1S/C19H29N3O3/c1-5-25-18-9-7-6-8-16(18)17(21-15(4)23)12-19(24)22-11-10-20-13(2)14(22)3/h6-9,13-14,17,20H,5,10-12H2,1-4H3,(H,21,23). The van der Waals surface area contributed by atoms with Crippen molar-refractivity contribution in [2.24, 2.45) is 0 Å². The summed E-state index contributed by atoms with van der Waals surface area (Å²) in [5.74, 6) is 0.593. The molecule has 1 fully saturated rings. The first-order chi connectivity index (χ1) is 11.9. The van der Waals surface area contributed by atoms with Gasteiger partial charge in [0.2, 0.25) is 11.8 Å². The summed E-state index contributed by atoms with van der Waals surface area (Å²) in [6.07, 6.45) is 0.223. The highest BCUT2D eigenvalue weighted by Gasteiger charge is 2.30. The lowest BCUT2D eigenvalue weighted by atomic mass is 10.00. The topological polar surface area (TPSA) is 70.7 Å². The van der Waals surface area contributed by atoms with Crippen molar-refractivity contribution < 1.29 is 14.3 Å². The Balaban J connectivity index is 2.20. The van der Waals surface area contributed by atoms with Crippen LogP contribution < -0.4 is 15.4 Å². The smallest absolute Gasteiger partial charge is 0.225 e. The number of amides is 2. The SMILES string of the molecule is CCOc1ccccc1C(CC(=O)N1CCNC(C)C1C)NC(C)=O. The molecule has 25 heavy (non-hydrogen) atoms. The molecule has 2 N–H and O–H groups in total. The maximum absolute atomic E-state index is 12.9. The Labute approximate surface area is 149 Å². The van der Waals surface area contributed by atoms with Gasteiger partial charge in [-0.2, -0.15) is 0 Å². The second kappa shape index (κ2) is 8.85. The summed E-state index contributed by atoms with van der Waals surface area (Å²) < 4.78 is 5.68. The average Bonchev–Trinajstić information content (AvgIpc) is 2.57. The van der Waals surface area contributed by atoms with Crippen LogP contribution in [0.3, 0.4) is 0 Å². The van der Waals surface area contributed by atoms with Gasteiger partial charge in [-0.3, -0.25) is 9.59 Å². The van der Waals surface area contributed by atoms with Crippen LogP contribution in [-0.4, -0.2) is 48.5 Å². The fourth-order valence-electron chi connectivity index (χ4n) is 3.24. The number of para-hydroxylation sites is 1. The molecule has 2 amide bonds. The molecule has 1 heterocycles. The Morgan fingerprint density at radius 2 is 2.08 bits per heavy atom. The molecule has 0 radical (unpaired) electrons. The zero-order valence-electron chi connectivity index (χ0n) is 15.5. The zero-order chi connectivity index (χ0) is 18.4. The van der Waals surface area contributed by atoms with Crippen molar-refractivity contribution in [2.45, 2.75) is 52.2 Å². The van der Waals surface area contributed by atoms with E-state index in [9.17, 15) is 9.59 Å². The lowest BCUT2D eigenvalue weighted by Crippen LogP contribution is -2.57. The van der Waals surface area contributed by atoms with Crippen molar-refractivity contribution in [1.82, 2.24) is 15.5 Å². The number of hydrogen-bond donors (Lipinski definition) is 2. The molecule has 0 bridgehead atoms. The Kier molecular flexibility index (Phi) is 6.82. The van der Waals surface area contributed by atoms with Gasteiger partial charge in [0.15, 0.2) is 0 Å².